The average molecular weight is 616 g/mol. The summed E-state index contributed by atoms with van der Waals surface area (Å²) in [6.07, 6.45) is 1.71. The minimum absolute atomic E-state index is 0.0515. The SMILES string of the molecule is CCOC(=O)C1=C(c2ccccc2)N=c2s/c(=C\c3cc([N+](=O)[O-])ccc3N3CCN(C)CC3)c(=O)n2C1c1cccs1. The van der Waals surface area contributed by atoms with Gasteiger partial charge in [0.1, 0.15) is 6.04 Å². The number of esters is 1. The summed E-state index contributed by atoms with van der Waals surface area (Å²) in [5.41, 5.74) is 2.53. The zero-order valence-electron chi connectivity index (χ0n) is 23.6. The van der Waals surface area contributed by atoms with Gasteiger partial charge in [0.15, 0.2) is 4.80 Å². The van der Waals surface area contributed by atoms with Gasteiger partial charge in [0.2, 0.25) is 0 Å². The first kappa shape index (κ1) is 28.7. The number of nitro groups is 1. The Morgan fingerprint density at radius 3 is 2.56 bits per heavy atom. The Kier molecular flexibility index (Phi) is 8.06. The Labute approximate surface area is 255 Å². The molecule has 2 aromatic heterocycles. The van der Waals surface area contributed by atoms with Gasteiger partial charge in [0.25, 0.3) is 11.2 Å². The second-order valence-electron chi connectivity index (χ2n) is 10.2. The quantitative estimate of drug-likeness (QED) is 0.177. The van der Waals surface area contributed by atoms with Crippen molar-refractivity contribution in [2.24, 2.45) is 4.99 Å². The molecule has 2 aliphatic rings. The molecule has 1 saturated heterocycles. The van der Waals surface area contributed by atoms with Gasteiger partial charge in [-0.3, -0.25) is 19.5 Å². The normalized spacial score (nSPS) is 17.5. The van der Waals surface area contributed by atoms with Crippen molar-refractivity contribution in [3.8, 4) is 0 Å². The summed E-state index contributed by atoms with van der Waals surface area (Å²) < 4.78 is 7.42. The number of non-ortho nitro benzene ring substituents is 1. The fraction of sp³-hybridized carbons (Fsp3) is 0.258. The van der Waals surface area contributed by atoms with Gasteiger partial charge in [-0.15, -0.1) is 11.3 Å². The van der Waals surface area contributed by atoms with E-state index in [1.165, 1.54) is 34.8 Å². The number of nitro benzene ring substituents is 1. The highest BCUT2D eigenvalue weighted by Gasteiger charge is 2.35. The lowest BCUT2D eigenvalue weighted by atomic mass is 9.97. The first-order valence-electron chi connectivity index (χ1n) is 13.9. The summed E-state index contributed by atoms with van der Waals surface area (Å²) in [5.74, 6) is -0.534. The molecule has 1 fully saturated rings. The number of hydrogen-bond donors (Lipinski definition) is 0. The van der Waals surface area contributed by atoms with E-state index in [1.54, 1.807) is 23.6 Å². The maximum Gasteiger partial charge on any atom is 0.338 e. The highest BCUT2D eigenvalue weighted by molar-refractivity contribution is 7.10. The number of carbonyl (C=O) groups is 1. The van der Waals surface area contributed by atoms with Crippen molar-refractivity contribution in [2.45, 2.75) is 13.0 Å². The third-order valence-corrected chi connectivity index (χ3v) is 9.45. The molecule has 0 radical (unpaired) electrons. The third-order valence-electron chi connectivity index (χ3n) is 7.54. The van der Waals surface area contributed by atoms with Crippen LogP contribution in [-0.2, 0) is 9.53 Å². The molecule has 10 nitrogen and oxygen atoms in total. The molecule has 0 amide bonds. The van der Waals surface area contributed by atoms with Crippen molar-refractivity contribution in [1.82, 2.24) is 9.47 Å². The topological polar surface area (TPSA) is 110 Å². The summed E-state index contributed by atoms with van der Waals surface area (Å²) in [6.45, 7) is 5.16. The molecule has 12 heteroatoms. The maximum absolute atomic E-state index is 14.2. The van der Waals surface area contributed by atoms with E-state index in [-0.39, 0.29) is 17.9 Å². The predicted molar refractivity (Wildman–Crippen MR) is 168 cm³/mol. The van der Waals surface area contributed by atoms with Gasteiger partial charge < -0.3 is 14.5 Å². The largest absolute Gasteiger partial charge is 0.463 e. The molecule has 6 rings (SSSR count). The van der Waals surface area contributed by atoms with Crippen LogP contribution in [0.4, 0.5) is 11.4 Å². The number of piperazine rings is 1. The standard InChI is InChI=1S/C31H29N5O5S2/c1-3-41-30(38)26-27(20-8-5-4-6-9-20)32-31-35(28(26)24-10-7-17-42-24)29(37)25(43-31)19-21-18-22(36(39)40)11-12-23(21)34-15-13-33(2)14-16-34/h4-12,17-19,28H,3,13-16H2,1-2H3/b25-19-. The summed E-state index contributed by atoms with van der Waals surface area (Å²) in [7, 11) is 2.06. The Hall–Kier alpha value is -4.39. The highest BCUT2D eigenvalue weighted by atomic mass is 32.1. The highest BCUT2D eigenvalue weighted by Crippen LogP contribution is 2.37. The zero-order chi connectivity index (χ0) is 30.1. The van der Waals surface area contributed by atoms with Crippen LogP contribution in [0, 0.1) is 10.1 Å². The first-order valence-corrected chi connectivity index (χ1v) is 15.6. The number of anilines is 1. The molecule has 2 aliphatic heterocycles. The van der Waals surface area contributed by atoms with Crippen LogP contribution in [0.3, 0.4) is 0 Å². The second-order valence-corrected chi connectivity index (χ2v) is 12.2. The second kappa shape index (κ2) is 12.1. The van der Waals surface area contributed by atoms with Crippen LogP contribution < -0.4 is 19.8 Å². The van der Waals surface area contributed by atoms with Crippen LogP contribution in [0.25, 0.3) is 11.8 Å². The van der Waals surface area contributed by atoms with E-state index in [0.29, 0.717) is 26.2 Å². The molecule has 0 N–H and O–H groups in total. The fourth-order valence-electron chi connectivity index (χ4n) is 5.40. The van der Waals surface area contributed by atoms with E-state index < -0.39 is 16.9 Å². The van der Waals surface area contributed by atoms with Gasteiger partial charge in [0.05, 0.1) is 27.3 Å². The number of benzene rings is 2. The third kappa shape index (κ3) is 5.56. The lowest BCUT2D eigenvalue weighted by Crippen LogP contribution is -2.44. The number of fused-ring (bicyclic) bond motifs is 1. The number of likely N-dealkylation sites (N-methyl/N-ethyl adjacent to an activating group) is 1. The predicted octanol–water partition coefficient (Wildman–Crippen LogP) is 3.66. The van der Waals surface area contributed by atoms with Gasteiger partial charge >= 0.3 is 5.97 Å². The molecule has 0 aliphatic carbocycles. The summed E-state index contributed by atoms with van der Waals surface area (Å²) in [4.78, 5) is 49.5. The van der Waals surface area contributed by atoms with Gasteiger partial charge in [-0.2, -0.15) is 0 Å². The number of hydrogen-bond acceptors (Lipinski definition) is 10. The van der Waals surface area contributed by atoms with Gasteiger partial charge in [-0.25, -0.2) is 9.79 Å². The van der Waals surface area contributed by atoms with Crippen LogP contribution in [0.1, 0.15) is 29.0 Å². The van der Waals surface area contributed by atoms with E-state index in [2.05, 4.69) is 16.8 Å². The molecular weight excluding hydrogens is 587 g/mol. The van der Waals surface area contributed by atoms with Crippen LogP contribution in [0.2, 0.25) is 0 Å². The average Bonchev–Trinajstić information content (AvgIpc) is 3.66. The number of carbonyl (C=O) groups excluding carboxylic acids is 1. The number of ether oxygens (including phenoxy) is 1. The Morgan fingerprint density at radius 2 is 1.88 bits per heavy atom. The van der Waals surface area contributed by atoms with Crippen molar-refractivity contribution in [1.29, 1.82) is 0 Å². The van der Waals surface area contributed by atoms with Crippen LogP contribution in [0.5, 0.6) is 0 Å². The molecule has 43 heavy (non-hydrogen) atoms. The molecule has 4 heterocycles. The first-order chi connectivity index (χ1) is 20.9. The smallest absolute Gasteiger partial charge is 0.338 e. The van der Waals surface area contributed by atoms with Gasteiger partial charge in [0, 0.05) is 60.0 Å². The number of aromatic nitrogens is 1. The Bertz CT molecular complexity index is 1890. The Morgan fingerprint density at radius 1 is 1.12 bits per heavy atom. The van der Waals surface area contributed by atoms with Crippen LogP contribution >= 0.6 is 22.7 Å². The monoisotopic (exact) mass is 615 g/mol. The van der Waals surface area contributed by atoms with E-state index in [9.17, 15) is 19.7 Å². The Balaban J connectivity index is 1.58. The molecule has 2 aromatic carbocycles. The fourth-order valence-corrected chi connectivity index (χ4v) is 7.22. The van der Waals surface area contributed by atoms with Crippen molar-refractivity contribution >= 4 is 51.8 Å². The summed E-state index contributed by atoms with van der Waals surface area (Å²) >= 11 is 2.65. The molecule has 220 valence electrons. The van der Waals surface area contributed by atoms with E-state index in [0.717, 1.165) is 42.3 Å². The molecule has 4 aromatic rings. The molecule has 1 atom stereocenters. The lowest BCUT2D eigenvalue weighted by molar-refractivity contribution is -0.384. The van der Waals surface area contributed by atoms with Gasteiger partial charge in [-0.1, -0.05) is 47.7 Å². The van der Waals surface area contributed by atoms with E-state index in [4.69, 9.17) is 9.73 Å². The molecule has 1 unspecified atom stereocenters. The van der Waals surface area contributed by atoms with Crippen molar-refractivity contribution in [3.05, 3.63) is 117 Å². The minimum atomic E-state index is -0.741. The molecule has 0 bridgehead atoms. The molecular formula is C31H29N5O5S2. The maximum atomic E-state index is 14.2. The van der Waals surface area contributed by atoms with Crippen LogP contribution in [0.15, 0.2) is 81.4 Å². The number of thiazole rings is 1. The minimum Gasteiger partial charge on any atom is -0.463 e. The van der Waals surface area contributed by atoms with Gasteiger partial charge in [-0.05, 0) is 37.6 Å². The summed E-state index contributed by atoms with van der Waals surface area (Å²) in [5, 5.41) is 13.6. The number of thiophene rings is 1. The van der Waals surface area contributed by atoms with Crippen molar-refractivity contribution in [2.75, 3.05) is 44.7 Å². The number of rotatable bonds is 7. The lowest BCUT2D eigenvalue weighted by Gasteiger charge is -2.34. The molecule has 0 spiro atoms. The zero-order valence-corrected chi connectivity index (χ0v) is 25.3. The van der Waals surface area contributed by atoms with Crippen molar-refractivity contribution in [3.63, 3.8) is 0 Å². The number of nitrogens with zero attached hydrogens (tertiary/aromatic N) is 5. The van der Waals surface area contributed by atoms with E-state index >= 15 is 0 Å². The molecule has 0 saturated carbocycles. The summed E-state index contributed by atoms with van der Waals surface area (Å²) in [6, 6.07) is 17.2. The van der Waals surface area contributed by atoms with Crippen molar-refractivity contribution < 1.29 is 14.5 Å². The van der Waals surface area contributed by atoms with Crippen LogP contribution in [-0.4, -0.2) is 60.2 Å². The van der Waals surface area contributed by atoms with E-state index in [1.807, 2.05) is 47.8 Å².